The van der Waals surface area contributed by atoms with E-state index in [0.29, 0.717) is 5.75 Å². The van der Waals surface area contributed by atoms with Gasteiger partial charge in [0.25, 0.3) is 0 Å². The van der Waals surface area contributed by atoms with E-state index in [1.807, 2.05) is 66.7 Å². The maximum atomic E-state index is 8.63. The van der Waals surface area contributed by atoms with Gasteiger partial charge in [-0.25, -0.2) is 24.3 Å². The summed E-state index contributed by atoms with van der Waals surface area (Å²) in [6.07, 6.45) is 0. The molecule has 0 unspecified atom stereocenters. The fraction of sp³-hybridized carbons (Fsp3) is 0. The monoisotopic (exact) mass is 280 g/mol. The summed E-state index contributed by atoms with van der Waals surface area (Å²) in [5.41, 5.74) is 0. The molecule has 0 amide bonds. The van der Waals surface area contributed by atoms with E-state index in [0.717, 1.165) is 0 Å². The summed E-state index contributed by atoms with van der Waals surface area (Å²) in [6, 6.07) is 28.7. The molecule has 0 bridgehead atoms. The third kappa shape index (κ3) is 9.46. The van der Waals surface area contributed by atoms with Gasteiger partial charge in [0.1, 0.15) is 5.75 Å². The first-order valence-electron chi connectivity index (χ1n) is 5.47. The second-order valence-electron chi connectivity index (χ2n) is 3.26. The zero-order chi connectivity index (χ0) is 12.2. The van der Waals surface area contributed by atoms with Crippen LogP contribution in [-0.2, 0) is 17.1 Å². The zero-order valence-electron chi connectivity index (χ0n) is 9.96. The Morgan fingerprint density at radius 1 is 0.611 bits per heavy atom. The number of aromatic hydroxyl groups is 1. The first-order valence-corrected chi connectivity index (χ1v) is 5.47. The largest absolute Gasteiger partial charge is 2.00 e. The van der Waals surface area contributed by atoms with Crippen LogP contribution in [0.1, 0.15) is 0 Å². The Bertz CT molecular complexity index is 368. The first kappa shape index (κ1) is 16.2. The summed E-state index contributed by atoms with van der Waals surface area (Å²) >= 11 is 0. The minimum atomic E-state index is 0. The number of rotatable bonds is 0. The van der Waals surface area contributed by atoms with Crippen molar-refractivity contribution in [2.45, 2.75) is 0 Å². The molecular formula is C16H16FeO. The SMILES string of the molecule is Oc1ccccc1.[Fe+2].c1cc[cH-]c1.c1cc[cH-]c1. The molecule has 0 heterocycles. The van der Waals surface area contributed by atoms with Crippen LogP contribution in [0, 0.1) is 0 Å². The molecule has 0 saturated heterocycles. The third-order valence-corrected chi connectivity index (χ3v) is 1.87. The predicted octanol–water partition coefficient (Wildman–Crippen LogP) is 4.20. The second kappa shape index (κ2) is 11.7. The van der Waals surface area contributed by atoms with E-state index in [2.05, 4.69) is 0 Å². The van der Waals surface area contributed by atoms with Gasteiger partial charge in [0.2, 0.25) is 0 Å². The summed E-state index contributed by atoms with van der Waals surface area (Å²) in [5, 5.41) is 8.63. The van der Waals surface area contributed by atoms with Gasteiger partial charge in [0.15, 0.2) is 0 Å². The van der Waals surface area contributed by atoms with Crippen molar-refractivity contribution in [2.24, 2.45) is 0 Å². The molecule has 0 aliphatic heterocycles. The van der Waals surface area contributed by atoms with Gasteiger partial charge in [0, 0.05) is 0 Å². The minimum absolute atomic E-state index is 0. The standard InChI is InChI=1S/C6H6O.2C5H5.Fe/c7-6-4-2-1-3-5-6;2*1-2-4-5-3-1;/h1-5,7H;2*1-5H;/q;2*-1;+2. The maximum Gasteiger partial charge on any atom is 2.00 e. The number of para-hydroxylation sites is 1. The zero-order valence-corrected chi connectivity index (χ0v) is 11.1. The fourth-order valence-electron chi connectivity index (χ4n) is 1.07. The molecule has 3 aromatic rings. The van der Waals surface area contributed by atoms with Gasteiger partial charge in [-0.05, 0) is 12.1 Å². The van der Waals surface area contributed by atoms with Gasteiger partial charge < -0.3 is 5.11 Å². The first-order chi connectivity index (χ1) is 8.39. The Labute approximate surface area is 119 Å². The van der Waals surface area contributed by atoms with Crippen LogP contribution < -0.4 is 0 Å². The van der Waals surface area contributed by atoms with Crippen LogP contribution in [-0.4, -0.2) is 5.11 Å². The Balaban J connectivity index is 0.000000239. The van der Waals surface area contributed by atoms with Gasteiger partial charge in [-0.15, -0.1) is 0 Å². The van der Waals surface area contributed by atoms with E-state index in [-0.39, 0.29) is 17.1 Å². The Morgan fingerprint density at radius 2 is 1.00 bits per heavy atom. The van der Waals surface area contributed by atoms with E-state index in [9.17, 15) is 0 Å². The van der Waals surface area contributed by atoms with Gasteiger partial charge in [-0.3, -0.25) is 0 Å². The molecule has 0 fully saturated rings. The Hall–Kier alpha value is -1.76. The van der Waals surface area contributed by atoms with E-state index in [1.54, 1.807) is 24.3 Å². The minimum Gasteiger partial charge on any atom is -0.508 e. The summed E-state index contributed by atoms with van der Waals surface area (Å²) < 4.78 is 0. The Morgan fingerprint density at radius 3 is 1.17 bits per heavy atom. The molecule has 0 radical (unpaired) electrons. The van der Waals surface area contributed by atoms with Crippen LogP contribution in [0.3, 0.4) is 0 Å². The molecular weight excluding hydrogens is 264 g/mol. The van der Waals surface area contributed by atoms with Crippen molar-refractivity contribution >= 4 is 0 Å². The normalized spacial score (nSPS) is 7.78. The van der Waals surface area contributed by atoms with Gasteiger partial charge >= 0.3 is 17.1 Å². The molecule has 3 aromatic carbocycles. The molecule has 0 spiro atoms. The molecule has 3 rings (SSSR count). The predicted molar refractivity (Wildman–Crippen MR) is 72.2 cm³/mol. The van der Waals surface area contributed by atoms with Crippen LogP contribution in [0.4, 0.5) is 0 Å². The summed E-state index contributed by atoms with van der Waals surface area (Å²) in [4.78, 5) is 0. The molecule has 2 heteroatoms. The maximum absolute atomic E-state index is 8.63. The van der Waals surface area contributed by atoms with Crippen LogP contribution in [0.2, 0.25) is 0 Å². The van der Waals surface area contributed by atoms with Gasteiger partial charge in [0.05, 0.1) is 0 Å². The van der Waals surface area contributed by atoms with Crippen LogP contribution >= 0.6 is 0 Å². The van der Waals surface area contributed by atoms with Crippen molar-refractivity contribution < 1.29 is 22.2 Å². The average Bonchev–Trinajstić information content (AvgIpc) is 3.09. The molecule has 1 nitrogen and oxygen atoms in total. The van der Waals surface area contributed by atoms with Crippen LogP contribution in [0.5, 0.6) is 5.75 Å². The molecule has 94 valence electrons. The summed E-state index contributed by atoms with van der Waals surface area (Å²) in [7, 11) is 0. The van der Waals surface area contributed by atoms with Crippen molar-refractivity contribution in [3.8, 4) is 5.75 Å². The smallest absolute Gasteiger partial charge is 0.508 e. The average molecular weight is 280 g/mol. The second-order valence-corrected chi connectivity index (χ2v) is 3.26. The van der Waals surface area contributed by atoms with E-state index >= 15 is 0 Å². The molecule has 0 aromatic heterocycles. The Kier molecular flexibility index (Phi) is 10.6. The van der Waals surface area contributed by atoms with Gasteiger partial charge in [-0.1, -0.05) is 18.2 Å². The summed E-state index contributed by atoms with van der Waals surface area (Å²) in [6.45, 7) is 0. The number of phenolic OH excluding ortho intramolecular Hbond substituents is 1. The van der Waals surface area contributed by atoms with Crippen LogP contribution in [0.25, 0.3) is 0 Å². The van der Waals surface area contributed by atoms with Crippen molar-refractivity contribution in [3.05, 3.63) is 91.0 Å². The number of hydrogen-bond acceptors (Lipinski definition) is 1. The van der Waals surface area contributed by atoms with Crippen molar-refractivity contribution in [3.63, 3.8) is 0 Å². The van der Waals surface area contributed by atoms with Crippen molar-refractivity contribution in [1.29, 1.82) is 0 Å². The number of benzene rings is 1. The molecule has 0 saturated carbocycles. The van der Waals surface area contributed by atoms with Crippen molar-refractivity contribution in [2.75, 3.05) is 0 Å². The fourth-order valence-corrected chi connectivity index (χ4v) is 1.07. The number of hydrogen-bond donors (Lipinski definition) is 1. The summed E-state index contributed by atoms with van der Waals surface area (Å²) in [5.74, 6) is 0.322. The molecule has 0 atom stereocenters. The third-order valence-electron chi connectivity index (χ3n) is 1.87. The van der Waals surface area contributed by atoms with E-state index < -0.39 is 0 Å². The van der Waals surface area contributed by atoms with E-state index in [4.69, 9.17) is 5.11 Å². The number of phenols is 1. The van der Waals surface area contributed by atoms with Crippen LogP contribution in [0.15, 0.2) is 91.0 Å². The molecule has 0 aliphatic rings. The molecule has 1 N–H and O–H groups in total. The van der Waals surface area contributed by atoms with Gasteiger partial charge in [-0.2, -0.15) is 36.4 Å². The topological polar surface area (TPSA) is 20.2 Å². The molecule has 0 aliphatic carbocycles. The van der Waals surface area contributed by atoms with Crippen molar-refractivity contribution in [1.82, 2.24) is 0 Å². The quantitative estimate of drug-likeness (QED) is 0.483. The molecule has 18 heavy (non-hydrogen) atoms. The van der Waals surface area contributed by atoms with E-state index in [1.165, 1.54) is 0 Å².